The van der Waals surface area contributed by atoms with Gasteiger partial charge in [-0.05, 0) is 43.1 Å². The molecule has 8 nitrogen and oxygen atoms in total. The van der Waals surface area contributed by atoms with Crippen molar-refractivity contribution in [3.8, 4) is 11.4 Å². The molecule has 2 N–H and O–H groups in total. The molecule has 2 amide bonds. The van der Waals surface area contributed by atoms with Crippen LogP contribution in [-0.2, 0) is 9.59 Å². The van der Waals surface area contributed by atoms with Crippen LogP contribution in [0.5, 0.6) is 0 Å². The minimum atomic E-state index is -1.36. The second-order valence-corrected chi connectivity index (χ2v) is 10.2. The summed E-state index contributed by atoms with van der Waals surface area (Å²) >= 11 is 0. The highest BCUT2D eigenvalue weighted by atomic mass is 19.2. The van der Waals surface area contributed by atoms with Gasteiger partial charge < -0.3 is 9.42 Å². The number of hydrogen-bond acceptors (Lipinski definition) is 6. The van der Waals surface area contributed by atoms with E-state index in [9.17, 15) is 22.8 Å². The van der Waals surface area contributed by atoms with Crippen LogP contribution in [0.2, 0.25) is 0 Å². The number of nitrogens with zero attached hydrogens (tertiary/aromatic N) is 3. The van der Waals surface area contributed by atoms with E-state index in [0.29, 0.717) is 31.4 Å². The van der Waals surface area contributed by atoms with Gasteiger partial charge in [-0.1, -0.05) is 30.8 Å². The highest BCUT2D eigenvalue weighted by Gasteiger charge is 2.55. The number of nitrogens with one attached hydrogen (secondary N) is 1. The Labute approximate surface area is 199 Å². The third-order valence-corrected chi connectivity index (χ3v) is 7.71. The van der Waals surface area contributed by atoms with Crippen molar-refractivity contribution in [2.24, 2.45) is 17.3 Å². The van der Waals surface area contributed by atoms with E-state index in [1.165, 1.54) is 0 Å². The molecular formula is C24H27F3N4O4. The minimum absolute atomic E-state index is 0.0624. The van der Waals surface area contributed by atoms with E-state index in [4.69, 9.17) is 9.73 Å². The fourth-order valence-corrected chi connectivity index (χ4v) is 5.67. The van der Waals surface area contributed by atoms with E-state index in [1.807, 2.05) is 0 Å². The molecule has 2 aromatic rings. The SMILES string of the molecule is O=C(C[C@@H](CC1CCCC1)C(=O)N1CC2(CC2)C[C@H]1c1nc(-c2cc(F)cc(F)c2F)no1)NO. The van der Waals surface area contributed by atoms with Crippen LogP contribution in [0, 0.1) is 34.7 Å². The summed E-state index contributed by atoms with van der Waals surface area (Å²) in [6.07, 6.45) is 7.04. The fraction of sp³-hybridized carbons (Fsp3) is 0.583. The van der Waals surface area contributed by atoms with Crippen LogP contribution in [-0.4, -0.2) is 38.6 Å². The number of aromatic nitrogens is 2. The number of rotatable bonds is 7. The lowest BCUT2D eigenvalue weighted by atomic mass is 9.89. The van der Waals surface area contributed by atoms with Gasteiger partial charge in [0.25, 0.3) is 0 Å². The normalized spacial score (nSPS) is 22.1. The summed E-state index contributed by atoms with van der Waals surface area (Å²) in [5.74, 6) is -4.99. The number of likely N-dealkylation sites (tertiary alicyclic amines) is 1. The van der Waals surface area contributed by atoms with Gasteiger partial charge in [-0.15, -0.1) is 0 Å². The van der Waals surface area contributed by atoms with Gasteiger partial charge >= 0.3 is 0 Å². The summed E-state index contributed by atoms with van der Waals surface area (Å²) in [6.45, 7) is 0.471. The van der Waals surface area contributed by atoms with Gasteiger partial charge in [0.1, 0.15) is 11.9 Å². The maximum absolute atomic E-state index is 14.3. The highest BCUT2D eigenvalue weighted by Crippen LogP contribution is 2.58. The van der Waals surface area contributed by atoms with Gasteiger partial charge in [0, 0.05) is 24.9 Å². The second kappa shape index (κ2) is 9.25. The van der Waals surface area contributed by atoms with E-state index in [2.05, 4.69) is 10.1 Å². The van der Waals surface area contributed by atoms with Crippen LogP contribution in [0.1, 0.15) is 69.7 Å². The molecule has 2 heterocycles. The third-order valence-electron chi connectivity index (χ3n) is 7.71. The van der Waals surface area contributed by atoms with Crippen LogP contribution in [0.25, 0.3) is 11.4 Å². The molecule has 1 aliphatic heterocycles. The molecule has 2 atom stereocenters. The molecule has 35 heavy (non-hydrogen) atoms. The molecule has 2 aliphatic carbocycles. The van der Waals surface area contributed by atoms with Crippen LogP contribution >= 0.6 is 0 Å². The monoisotopic (exact) mass is 492 g/mol. The first-order valence-corrected chi connectivity index (χ1v) is 12.0. The van der Waals surface area contributed by atoms with Crippen molar-refractivity contribution in [1.82, 2.24) is 20.5 Å². The summed E-state index contributed by atoms with van der Waals surface area (Å²) in [5.41, 5.74) is 1.09. The molecule has 188 valence electrons. The molecule has 1 aromatic heterocycles. The molecule has 11 heteroatoms. The molecule has 3 fully saturated rings. The Morgan fingerprint density at radius 3 is 2.66 bits per heavy atom. The molecule has 0 bridgehead atoms. The van der Waals surface area contributed by atoms with Crippen LogP contribution < -0.4 is 5.48 Å². The first-order chi connectivity index (χ1) is 16.8. The van der Waals surface area contributed by atoms with E-state index in [-0.39, 0.29) is 29.5 Å². The number of benzene rings is 1. The van der Waals surface area contributed by atoms with Gasteiger partial charge in [0.2, 0.25) is 23.5 Å². The van der Waals surface area contributed by atoms with E-state index >= 15 is 0 Å². The van der Waals surface area contributed by atoms with Gasteiger partial charge in [0.15, 0.2) is 11.6 Å². The van der Waals surface area contributed by atoms with Gasteiger partial charge in [-0.3, -0.25) is 14.8 Å². The molecule has 2 saturated carbocycles. The number of hydrogen-bond donors (Lipinski definition) is 2. The highest BCUT2D eigenvalue weighted by molar-refractivity contribution is 5.86. The van der Waals surface area contributed by atoms with Gasteiger partial charge in [-0.25, -0.2) is 18.7 Å². The Balaban J connectivity index is 1.42. The first kappa shape index (κ1) is 23.8. The van der Waals surface area contributed by atoms with E-state index in [0.717, 1.165) is 44.6 Å². The summed E-state index contributed by atoms with van der Waals surface area (Å²) in [5, 5.41) is 12.8. The Morgan fingerprint density at radius 2 is 1.97 bits per heavy atom. The van der Waals surface area contributed by atoms with Crippen LogP contribution in [0.4, 0.5) is 13.2 Å². The number of carbonyl (C=O) groups excluding carboxylic acids is 2. The van der Waals surface area contributed by atoms with Crippen molar-refractivity contribution >= 4 is 11.8 Å². The molecule has 0 radical (unpaired) electrons. The van der Waals surface area contributed by atoms with Crippen molar-refractivity contribution in [1.29, 1.82) is 0 Å². The zero-order valence-corrected chi connectivity index (χ0v) is 19.1. The van der Waals surface area contributed by atoms with Gasteiger partial charge in [-0.2, -0.15) is 4.98 Å². The Morgan fingerprint density at radius 1 is 1.23 bits per heavy atom. The molecule has 1 saturated heterocycles. The predicted octanol–water partition coefficient (Wildman–Crippen LogP) is 4.30. The van der Waals surface area contributed by atoms with Crippen molar-refractivity contribution in [2.45, 2.75) is 63.8 Å². The van der Waals surface area contributed by atoms with Crippen molar-refractivity contribution < 1.29 is 32.5 Å². The molecule has 1 spiro atoms. The zero-order chi connectivity index (χ0) is 24.7. The summed E-state index contributed by atoms with van der Waals surface area (Å²) in [7, 11) is 0. The fourth-order valence-electron chi connectivity index (χ4n) is 5.67. The molecule has 0 unspecified atom stereocenters. The Bertz CT molecular complexity index is 1130. The van der Waals surface area contributed by atoms with E-state index < -0.39 is 40.9 Å². The topological polar surface area (TPSA) is 109 Å². The third kappa shape index (κ3) is 4.78. The molecule has 5 rings (SSSR count). The van der Waals surface area contributed by atoms with E-state index in [1.54, 1.807) is 10.4 Å². The zero-order valence-electron chi connectivity index (χ0n) is 19.1. The Hall–Kier alpha value is -2.95. The summed E-state index contributed by atoms with van der Waals surface area (Å²) in [4.78, 5) is 31.6. The lowest BCUT2D eigenvalue weighted by Crippen LogP contribution is -2.39. The number of amides is 2. The standard InChI is InChI=1S/C24H27F3N4O4/c25-15-9-16(20(27)17(26)10-15)21-28-22(35-30-21)18-11-24(5-6-24)12-31(18)23(33)14(8-19(32)29-34)7-13-3-1-2-4-13/h9-10,13-14,18,34H,1-8,11-12H2,(H,29,32)/t14-,18+/m1/s1. The Kier molecular flexibility index (Phi) is 6.29. The lowest BCUT2D eigenvalue weighted by Gasteiger charge is -2.28. The predicted molar refractivity (Wildman–Crippen MR) is 115 cm³/mol. The van der Waals surface area contributed by atoms with Crippen molar-refractivity contribution in [3.63, 3.8) is 0 Å². The average Bonchev–Trinajstić information content (AvgIpc) is 3.23. The van der Waals surface area contributed by atoms with Crippen LogP contribution in [0.15, 0.2) is 16.7 Å². The summed E-state index contributed by atoms with van der Waals surface area (Å²) < 4.78 is 47.0. The second-order valence-electron chi connectivity index (χ2n) is 10.2. The maximum Gasteiger partial charge on any atom is 0.249 e. The number of carbonyl (C=O) groups is 2. The quantitative estimate of drug-likeness (QED) is 0.339. The molecule has 3 aliphatic rings. The molecular weight excluding hydrogens is 465 g/mol. The van der Waals surface area contributed by atoms with Crippen molar-refractivity contribution in [2.75, 3.05) is 6.54 Å². The van der Waals surface area contributed by atoms with Gasteiger partial charge in [0.05, 0.1) is 5.56 Å². The number of halogens is 3. The smallest absolute Gasteiger partial charge is 0.249 e. The average molecular weight is 492 g/mol. The van der Waals surface area contributed by atoms with Crippen LogP contribution in [0.3, 0.4) is 0 Å². The van der Waals surface area contributed by atoms with Crippen molar-refractivity contribution in [3.05, 3.63) is 35.5 Å². The maximum atomic E-state index is 14.3. The number of hydroxylamine groups is 1. The first-order valence-electron chi connectivity index (χ1n) is 12.0. The molecule has 1 aromatic carbocycles. The minimum Gasteiger partial charge on any atom is -0.337 e. The largest absolute Gasteiger partial charge is 0.337 e. The lowest BCUT2D eigenvalue weighted by molar-refractivity contribution is -0.142. The summed E-state index contributed by atoms with van der Waals surface area (Å²) in [6, 6.07) is 0.634.